The molecule has 3 aliphatic rings. The Hall–Kier alpha value is -2.86. The molecule has 1 N–H and O–H groups in total. The number of carbonyl (C=O) groups excluding carboxylic acids is 2. The fraction of sp³-hybridized carbons (Fsp3) is 0.348. The van der Waals surface area contributed by atoms with Gasteiger partial charge in [-0.05, 0) is 73.6 Å². The smallest absolute Gasteiger partial charge is 0.251 e. The summed E-state index contributed by atoms with van der Waals surface area (Å²) < 4.78 is 10.9. The molecular formula is C23H21ClN2O4. The van der Waals surface area contributed by atoms with Crippen LogP contribution in [0, 0.1) is 12.3 Å². The molecular weight excluding hydrogens is 404 g/mol. The van der Waals surface area contributed by atoms with Gasteiger partial charge in [0.2, 0.25) is 0 Å². The number of halogens is 1. The van der Waals surface area contributed by atoms with E-state index in [4.69, 9.17) is 20.8 Å². The van der Waals surface area contributed by atoms with Gasteiger partial charge in [-0.2, -0.15) is 0 Å². The number of aromatic nitrogens is 1. The number of nitrogens with one attached hydrogen (secondary N) is 1. The Morgan fingerprint density at radius 2 is 2.00 bits per heavy atom. The van der Waals surface area contributed by atoms with Crippen molar-refractivity contribution in [3.8, 4) is 5.75 Å². The van der Waals surface area contributed by atoms with Crippen LogP contribution in [-0.2, 0) is 4.79 Å². The number of oxazole rings is 1. The van der Waals surface area contributed by atoms with Gasteiger partial charge < -0.3 is 14.5 Å². The van der Waals surface area contributed by atoms with Gasteiger partial charge in [0.1, 0.15) is 17.9 Å². The maximum absolute atomic E-state index is 12.6. The third-order valence-corrected chi connectivity index (χ3v) is 6.64. The van der Waals surface area contributed by atoms with Gasteiger partial charge in [0.05, 0.1) is 0 Å². The molecule has 30 heavy (non-hydrogen) atoms. The van der Waals surface area contributed by atoms with Gasteiger partial charge in [-0.25, -0.2) is 4.98 Å². The van der Waals surface area contributed by atoms with Crippen molar-refractivity contribution in [1.82, 2.24) is 10.3 Å². The highest BCUT2D eigenvalue weighted by atomic mass is 35.5. The zero-order valence-electron chi connectivity index (χ0n) is 16.5. The lowest BCUT2D eigenvalue weighted by Gasteiger charge is -2.70. The maximum atomic E-state index is 12.6. The highest BCUT2D eigenvalue weighted by Crippen LogP contribution is 2.69. The monoisotopic (exact) mass is 424 g/mol. The Kier molecular flexibility index (Phi) is 4.36. The molecule has 3 aromatic rings. The number of ketones is 1. The van der Waals surface area contributed by atoms with Gasteiger partial charge in [-0.15, -0.1) is 0 Å². The van der Waals surface area contributed by atoms with E-state index in [1.165, 1.54) is 6.39 Å². The summed E-state index contributed by atoms with van der Waals surface area (Å²) in [5, 5.41) is 3.82. The molecule has 0 atom stereocenters. The van der Waals surface area contributed by atoms with E-state index in [0.29, 0.717) is 28.3 Å². The van der Waals surface area contributed by atoms with Crippen molar-refractivity contribution in [3.63, 3.8) is 0 Å². The quantitative estimate of drug-likeness (QED) is 0.604. The van der Waals surface area contributed by atoms with Crippen LogP contribution < -0.4 is 10.1 Å². The van der Waals surface area contributed by atoms with E-state index >= 15 is 0 Å². The molecule has 0 unspecified atom stereocenters. The largest absolute Gasteiger partial charge is 0.486 e. The Balaban J connectivity index is 1.11. The summed E-state index contributed by atoms with van der Waals surface area (Å²) in [6.07, 6.45) is 4.36. The Labute approximate surface area is 178 Å². The summed E-state index contributed by atoms with van der Waals surface area (Å²) in [6, 6.07) is 10.6. The fourth-order valence-electron chi connectivity index (χ4n) is 4.97. The van der Waals surface area contributed by atoms with Gasteiger partial charge in [0.25, 0.3) is 5.91 Å². The van der Waals surface area contributed by atoms with Crippen LogP contribution in [0.2, 0.25) is 5.02 Å². The number of hydrogen-bond donors (Lipinski definition) is 1. The molecule has 0 aliphatic heterocycles. The van der Waals surface area contributed by atoms with Crippen LogP contribution in [0.1, 0.15) is 41.6 Å². The van der Waals surface area contributed by atoms with Gasteiger partial charge in [-0.1, -0.05) is 11.6 Å². The minimum absolute atomic E-state index is 0.0124. The number of rotatable bonds is 7. The number of hydrogen-bond acceptors (Lipinski definition) is 5. The van der Waals surface area contributed by atoms with E-state index in [2.05, 4.69) is 10.3 Å². The lowest BCUT2D eigenvalue weighted by Crippen LogP contribution is -2.75. The zero-order chi connectivity index (χ0) is 20.9. The molecule has 3 saturated carbocycles. The predicted molar refractivity (Wildman–Crippen MR) is 112 cm³/mol. The highest BCUT2D eigenvalue weighted by molar-refractivity contribution is 6.31. The first-order chi connectivity index (χ1) is 14.4. The third-order valence-electron chi connectivity index (χ3n) is 6.21. The SMILES string of the molecule is Cc1cc(OCC(=O)CC23CC(NC(=O)c4ccc5ncoc5c4)(C2)C3)ccc1Cl. The lowest BCUT2D eigenvalue weighted by molar-refractivity contribution is -0.162. The van der Waals surface area contributed by atoms with Gasteiger partial charge in [0.15, 0.2) is 17.8 Å². The standard InChI is InChI=1S/C23H21ClN2O4/c1-14-6-17(3-4-18(14)24)29-9-16(27)8-22-10-23(11-22,12-22)26-21(28)15-2-5-19-20(7-15)30-13-25-19/h2-7,13H,8-12H2,1H3,(H,26,28). The Morgan fingerprint density at radius 3 is 2.77 bits per heavy atom. The first kappa shape index (κ1) is 19.1. The summed E-state index contributed by atoms with van der Waals surface area (Å²) in [6.45, 7) is 1.95. The molecule has 7 heteroatoms. The Bertz CT molecular complexity index is 1150. The second-order valence-corrected chi connectivity index (χ2v) is 9.12. The van der Waals surface area contributed by atoms with Gasteiger partial charge in [-0.3, -0.25) is 9.59 Å². The van der Waals surface area contributed by atoms with Gasteiger partial charge in [0, 0.05) is 22.5 Å². The van der Waals surface area contributed by atoms with Crippen LogP contribution in [0.3, 0.4) is 0 Å². The molecule has 2 bridgehead atoms. The molecule has 154 valence electrons. The first-order valence-electron chi connectivity index (χ1n) is 9.92. The lowest BCUT2D eigenvalue weighted by atomic mass is 9.38. The van der Waals surface area contributed by atoms with Crippen LogP contribution in [0.25, 0.3) is 11.1 Å². The molecule has 6 rings (SSSR count). The molecule has 0 spiro atoms. The van der Waals surface area contributed by atoms with Crippen molar-refractivity contribution >= 4 is 34.4 Å². The summed E-state index contributed by atoms with van der Waals surface area (Å²) in [7, 11) is 0. The number of Topliss-reactive ketones (excluding diaryl/α,β-unsaturated/α-hetero) is 1. The second kappa shape index (κ2) is 6.84. The molecule has 6 nitrogen and oxygen atoms in total. The fourth-order valence-corrected chi connectivity index (χ4v) is 5.09. The van der Waals surface area contributed by atoms with Crippen molar-refractivity contribution in [2.24, 2.45) is 5.41 Å². The van der Waals surface area contributed by atoms with E-state index in [0.717, 1.165) is 30.3 Å². The van der Waals surface area contributed by atoms with Crippen LogP contribution in [-0.4, -0.2) is 28.8 Å². The summed E-state index contributed by atoms with van der Waals surface area (Å²) in [5.74, 6) is 0.614. The second-order valence-electron chi connectivity index (χ2n) is 8.71. The minimum Gasteiger partial charge on any atom is -0.486 e. The number of fused-ring (bicyclic) bond motifs is 1. The molecule has 1 amide bonds. The first-order valence-corrected chi connectivity index (χ1v) is 10.3. The van der Waals surface area contributed by atoms with E-state index < -0.39 is 0 Å². The number of benzene rings is 2. The molecule has 0 saturated heterocycles. The molecule has 2 aromatic carbocycles. The van der Waals surface area contributed by atoms with Crippen LogP contribution in [0.4, 0.5) is 0 Å². The van der Waals surface area contributed by atoms with Crippen LogP contribution in [0.15, 0.2) is 47.2 Å². The zero-order valence-corrected chi connectivity index (χ0v) is 17.3. The van der Waals surface area contributed by atoms with Crippen LogP contribution >= 0.6 is 11.6 Å². The maximum Gasteiger partial charge on any atom is 0.251 e. The number of carbonyl (C=O) groups is 2. The highest BCUT2D eigenvalue weighted by Gasteiger charge is 2.68. The number of nitrogens with zero attached hydrogens (tertiary/aromatic N) is 1. The topological polar surface area (TPSA) is 81.4 Å². The average molecular weight is 425 g/mol. The number of aryl methyl sites for hydroxylation is 1. The van der Waals surface area contributed by atoms with E-state index in [1.807, 2.05) is 13.0 Å². The van der Waals surface area contributed by atoms with Crippen molar-refractivity contribution < 1.29 is 18.7 Å². The third kappa shape index (κ3) is 3.35. The molecule has 3 aliphatic carbocycles. The predicted octanol–water partition coefficient (Wildman–Crippen LogP) is 4.48. The van der Waals surface area contributed by atoms with Crippen molar-refractivity contribution in [1.29, 1.82) is 0 Å². The average Bonchev–Trinajstić information content (AvgIpc) is 3.14. The van der Waals surface area contributed by atoms with E-state index in [9.17, 15) is 9.59 Å². The van der Waals surface area contributed by atoms with E-state index in [1.54, 1.807) is 30.3 Å². The van der Waals surface area contributed by atoms with Crippen molar-refractivity contribution in [2.75, 3.05) is 6.61 Å². The molecule has 3 fully saturated rings. The summed E-state index contributed by atoms with van der Waals surface area (Å²) in [4.78, 5) is 29.1. The molecule has 1 heterocycles. The molecule has 1 aromatic heterocycles. The van der Waals surface area contributed by atoms with Gasteiger partial charge >= 0.3 is 0 Å². The number of ether oxygens (including phenoxy) is 1. The summed E-state index contributed by atoms with van der Waals surface area (Å²) >= 11 is 6.01. The molecule has 0 radical (unpaired) electrons. The number of amides is 1. The normalized spacial score (nSPS) is 24.1. The van der Waals surface area contributed by atoms with Crippen molar-refractivity contribution in [3.05, 3.63) is 58.9 Å². The Morgan fingerprint density at radius 1 is 1.20 bits per heavy atom. The summed E-state index contributed by atoms with van der Waals surface area (Å²) in [5.41, 5.74) is 2.63. The van der Waals surface area contributed by atoms with Crippen molar-refractivity contribution in [2.45, 2.75) is 38.1 Å². The van der Waals surface area contributed by atoms with Crippen LogP contribution in [0.5, 0.6) is 5.75 Å². The van der Waals surface area contributed by atoms with E-state index in [-0.39, 0.29) is 29.3 Å². The minimum atomic E-state index is -0.179.